The predicted octanol–water partition coefficient (Wildman–Crippen LogP) is 4.83. The van der Waals surface area contributed by atoms with E-state index in [1.807, 2.05) is 0 Å². The Morgan fingerprint density at radius 3 is 2.25 bits per heavy atom. The highest BCUT2D eigenvalue weighted by molar-refractivity contribution is 7.89. The van der Waals surface area contributed by atoms with E-state index >= 15 is 0 Å². The van der Waals surface area contributed by atoms with Crippen molar-refractivity contribution >= 4 is 10.0 Å². The van der Waals surface area contributed by atoms with E-state index in [-0.39, 0.29) is 13.1 Å². The first-order valence-corrected chi connectivity index (χ1v) is 9.54. The normalized spacial score (nSPS) is 12.5. The molecule has 148 valence electrons. The second kappa shape index (κ2) is 7.76. The van der Waals surface area contributed by atoms with E-state index in [4.69, 9.17) is 4.42 Å². The first-order chi connectivity index (χ1) is 13.2. The first-order valence-electron chi connectivity index (χ1n) is 8.10. The number of furan rings is 1. The summed E-state index contributed by atoms with van der Waals surface area (Å²) in [5.41, 5.74) is -0.586. The van der Waals surface area contributed by atoms with Crippen molar-refractivity contribution in [3.63, 3.8) is 0 Å². The highest BCUT2D eigenvalue weighted by Gasteiger charge is 2.33. The van der Waals surface area contributed by atoms with Crippen molar-refractivity contribution in [3.8, 4) is 0 Å². The van der Waals surface area contributed by atoms with Gasteiger partial charge in [-0.25, -0.2) is 12.8 Å². The molecule has 0 saturated heterocycles. The van der Waals surface area contributed by atoms with Crippen molar-refractivity contribution in [3.05, 3.63) is 89.6 Å². The van der Waals surface area contributed by atoms with Gasteiger partial charge in [0.25, 0.3) is 0 Å². The zero-order valence-corrected chi connectivity index (χ0v) is 15.2. The number of benzene rings is 2. The second-order valence-electron chi connectivity index (χ2n) is 6.00. The van der Waals surface area contributed by atoms with Gasteiger partial charge in [0, 0.05) is 6.54 Å². The molecule has 0 aliphatic carbocycles. The van der Waals surface area contributed by atoms with Crippen LogP contribution >= 0.6 is 0 Å². The van der Waals surface area contributed by atoms with Crippen molar-refractivity contribution in [2.45, 2.75) is 24.2 Å². The molecule has 4 nitrogen and oxygen atoms in total. The quantitative estimate of drug-likeness (QED) is 0.544. The van der Waals surface area contributed by atoms with Crippen LogP contribution in [0.4, 0.5) is 17.6 Å². The van der Waals surface area contributed by atoms with E-state index in [0.717, 1.165) is 22.5 Å². The molecule has 0 aliphatic rings. The molecular weight excluding hydrogens is 398 g/mol. The van der Waals surface area contributed by atoms with Gasteiger partial charge in [0.05, 0.1) is 23.3 Å². The molecule has 0 bridgehead atoms. The number of rotatable bonds is 6. The molecule has 9 heteroatoms. The van der Waals surface area contributed by atoms with E-state index in [2.05, 4.69) is 0 Å². The van der Waals surface area contributed by atoms with Gasteiger partial charge < -0.3 is 4.42 Å². The van der Waals surface area contributed by atoms with Crippen molar-refractivity contribution in [1.82, 2.24) is 4.31 Å². The predicted molar refractivity (Wildman–Crippen MR) is 93.0 cm³/mol. The molecule has 0 saturated carbocycles. The number of nitrogens with zero attached hydrogens (tertiary/aromatic N) is 1. The molecule has 1 aromatic heterocycles. The summed E-state index contributed by atoms with van der Waals surface area (Å²) in [5, 5.41) is 0. The lowest BCUT2D eigenvalue weighted by Gasteiger charge is -2.22. The van der Waals surface area contributed by atoms with E-state index in [1.54, 1.807) is 12.1 Å². The number of hydrogen-bond donors (Lipinski definition) is 0. The van der Waals surface area contributed by atoms with Crippen LogP contribution in [0, 0.1) is 5.82 Å². The third-order valence-electron chi connectivity index (χ3n) is 3.98. The monoisotopic (exact) mass is 413 g/mol. The molecule has 0 N–H and O–H groups in total. The summed E-state index contributed by atoms with van der Waals surface area (Å²) in [6.45, 7) is -0.359. The maximum absolute atomic E-state index is 13.1. The van der Waals surface area contributed by atoms with Gasteiger partial charge in [0.2, 0.25) is 10.0 Å². The SMILES string of the molecule is O=S(=O)(c1cccc(C(F)(F)F)c1)N(Cc1ccc(F)cc1)Cc1ccco1. The molecule has 0 fully saturated rings. The van der Waals surface area contributed by atoms with Crippen molar-refractivity contribution in [1.29, 1.82) is 0 Å². The van der Waals surface area contributed by atoms with E-state index < -0.39 is 32.5 Å². The van der Waals surface area contributed by atoms with Crippen LogP contribution in [0.5, 0.6) is 0 Å². The lowest BCUT2D eigenvalue weighted by atomic mass is 10.2. The van der Waals surface area contributed by atoms with Crippen LogP contribution in [0.1, 0.15) is 16.9 Å². The maximum Gasteiger partial charge on any atom is 0.416 e. The lowest BCUT2D eigenvalue weighted by Crippen LogP contribution is -2.30. The highest BCUT2D eigenvalue weighted by Crippen LogP contribution is 2.31. The lowest BCUT2D eigenvalue weighted by molar-refractivity contribution is -0.137. The molecule has 0 spiro atoms. The van der Waals surface area contributed by atoms with Crippen LogP contribution in [0.25, 0.3) is 0 Å². The minimum absolute atomic E-state index is 0.167. The van der Waals surface area contributed by atoms with Crippen molar-refractivity contribution in [2.24, 2.45) is 0 Å². The fraction of sp³-hybridized carbons (Fsp3) is 0.158. The van der Waals surface area contributed by atoms with Crippen LogP contribution in [-0.2, 0) is 29.3 Å². The second-order valence-corrected chi connectivity index (χ2v) is 7.94. The molecule has 2 aromatic carbocycles. The van der Waals surface area contributed by atoms with Gasteiger partial charge in [-0.2, -0.15) is 17.5 Å². The molecule has 0 radical (unpaired) electrons. The molecular formula is C19H15F4NO3S. The third-order valence-corrected chi connectivity index (χ3v) is 5.77. The van der Waals surface area contributed by atoms with E-state index in [9.17, 15) is 26.0 Å². The molecule has 3 aromatic rings. The Bertz CT molecular complexity index is 1030. The summed E-state index contributed by atoms with van der Waals surface area (Å²) in [6, 6.07) is 11.8. The van der Waals surface area contributed by atoms with Gasteiger partial charge >= 0.3 is 6.18 Å². The fourth-order valence-corrected chi connectivity index (χ4v) is 4.02. The zero-order chi connectivity index (χ0) is 20.4. The third kappa shape index (κ3) is 4.60. The minimum Gasteiger partial charge on any atom is -0.468 e. The van der Waals surface area contributed by atoms with Gasteiger partial charge in [-0.1, -0.05) is 18.2 Å². The molecule has 3 rings (SSSR count). The Morgan fingerprint density at radius 2 is 1.64 bits per heavy atom. The van der Waals surface area contributed by atoms with E-state index in [0.29, 0.717) is 17.4 Å². The Morgan fingerprint density at radius 1 is 0.929 bits per heavy atom. The first kappa shape index (κ1) is 20.1. The molecule has 0 amide bonds. The molecule has 1 heterocycles. The smallest absolute Gasteiger partial charge is 0.416 e. The van der Waals surface area contributed by atoms with Crippen LogP contribution in [0.15, 0.2) is 76.2 Å². The summed E-state index contributed by atoms with van der Waals surface area (Å²) in [7, 11) is -4.29. The van der Waals surface area contributed by atoms with Crippen LogP contribution in [0.3, 0.4) is 0 Å². The van der Waals surface area contributed by atoms with Crippen LogP contribution in [-0.4, -0.2) is 12.7 Å². The van der Waals surface area contributed by atoms with Gasteiger partial charge in [0.15, 0.2) is 0 Å². The van der Waals surface area contributed by atoms with Crippen molar-refractivity contribution in [2.75, 3.05) is 0 Å². The zero-order valence-electron chi connectivity index (χ0n) is 14.4. The molecule has 0 unspecified atom stereocenters. The van der Waals surface area contributed by atoms with Gasteiger partial charge in [-0.15, -0.1) is 0 Å². The highest BCUT2D eigenvalue weighted by atomic mass is 32.2. The average Bonchev–Trinajstić information content (AvgIpc) is 3.15. The van der Waals surface area contributed by atoms with Crippen molar-refractivity contribution < 1.29 is 30.4 Å². The van der Waals surface area contributed by atoms with Gasteiger partial charge in [-0.3, -0.25) is 0 Å². The topological polar surface area (TPSA) is 50.5 Å². The Balaban J connectivity index is 1.99. The number of hydrogen-bond acceptors (Lipinski definition) is 3. The standard InChI is InChI=1S/C19H15F4NO3S/c20-16-8-6-14(7-9-16)12-24(13-17-4-2-10-27-17)28(25,26)18-5-1-3-15(11-18)19(21,22)23/h1-11H,12-13H2. The summed E-state index contributed by atoms with van der Waals surface area (Å²) < 4.78 is 84.4. The number of halogens is 4. The largest absolute Gasteiger partial charge is 0.468 e. The molecule has 28 heavy (non-hydrogen) atoms. The van der Waals surface area contributed by atoms with Gasteiger partial charge in [-0.05, 0) is 48.0 Å². The summed E-state index contributed by atoms with van der Waals surface area (Å²) in [6.07, 6.45) is -3.31. The Labute approximate surface area is 159 Å². The number of alkyl halides is 3. The van der Waals surface area contributed by atoms with Crippen LogP contribution in [0.2, 0.25) is 0 Å². The van der Waals surface area contributed by atoms with Gasteiger partial charge in [0.1, 0.15) is 11.6 Å². The maximum atomic E-state index is 13.1. The van der Waals surface area contributed by atoms with Crippen LogP contribution < -0.4 is 0 Å². The Kier molecular flexibility index (Phi) is 5.57. The summed E-state index contributed by atoms with van der Waals surface area (Å²) in [5.74, 6) is -0.167. The Hall–Kier alpha value is -2.65. The summed E-state index contributed by atoms with van der Waals surface area (Å²) >= 11 is 0. The average molecular weight is 413 g/mol. The fourth-order valence-electron chi connectivity index (χ4n) is 2.58. The minimum atomic E-state index is -4.67. The molecule has 0 aliphatic heterocycles. The van der Waals surface area contributed by atoms with E-state index in [1.165, 1.54) is 30.5 Å². The number of sulfonamides is 1. The summed E-state index contributed by atoms with van der Waals surface area (Å²) in [4.78, 5) is -0.490. The molecule has 0 atom stereocenters.